The number of hydrogen-bond donors (Lipinski definition) is 0. The van der Waals surface area contributed by atoms with Gasteiger partial charge in [-0.1, -0.05) is 69.3 Å². The Morgan fingerprint density at radius 3 is 2.53 bits per heavy atom. The summed E-state index contributed by atoms with van der Waals surface area (Å²) < 4.78 is 29.6. The molecule has 0 radical (unpaired) electrons. The molecule has 0 aliphatic carbocycles. The third-order valence-electron chi connectivity index (χ3n) is 7.36. The molecule has 214 valence electrons. The lowest BCUT2D eigenvalue weighted by Crippen LogP contribution is -2.44. The molecule has 6 nitrogen and oxygen atoms in total. The average Bonchev–Trinajstić information content (AvgIpc) is 2.89. The number of Topliss-reactive ketones (excluding diaryl/α,β-unsaturated/α-hetero) is 1. The minimum absolute atomic E-state index is 0.0485. The summed E-state index contributed by atoms with van der Waals surface area (Å²) in [4.78, 5) is 12.7. The van der Waals surface area contributed by atoms with Gasteiger partial charge >= 0.3 is 0 Å². The summed E-state index contributed by atoms with van der Waals surface area (Å²) in [6.45, 7) is 14.6. The average molecular weight is 547 g/mol. The van der Waals surface area contributed by atoms with Gasteiger partial charge in [-0.3, -0.25) is 4.79 Å². The van der Waals surface area contributed by atoms with Crippen LogP contribution in [0.5, 0.6) is 0 Å². The first-order valence-corrected chi connectivity index (χ1v) is 16.9. The number of rotatable bonds is 16. The van der Waals surface area contributed by atoms with Gasteiger partial charge < -0.3 is 23.4 Å². The molecule has 1 fully saturated rings. The molecule has 1 aliphatic rings. The maximum absolute atomic E-state index is 12.7. The number of carbonyl (C=O) groups is 1. The quantitative estimate of drug-likeness (QED) is 0.0702. The Bertz CT molecular complexity index is 868. The summed E-state index contributed by atoms with van der Waals surface area (Å²) in [5, 5.41) is 0.0485. The van der Waals surface area contributed by atoms with Gasteiger partial charge in [0.1, 0.15) is 19.0 Å². The lowest BCUT2D eigenvalue weighted by Gasteiger charge is -2.41. The van der Waals surface area contributed by atoms with Gasteiger partial charge in [0.2, 0.25) is 0 Å². The monoisotopic (exact) mass is 546 g/mol. The van der Waals surface area contributed by atoms with Crippen molar-refractivity contribution >= 4 is 14.1 Å². The highest BCUT2D eigenvalue weighted by Gasteiger charge is 2.41. The third kappa shape index (κ3) is 11.2. The van der Waals surface area contributed by atoms with Crippen molar-refractivity contribution in [1.29, 1.82) is 0 Å². The molecule has 3 atom stereocenters. The second-order valence-electron chi connectivity index (χ2n) is 11.5. The summed E-state index contributed by atoms with van der Waals surface area (Å²) in [6, 6.07) is 10.2. The van der Waals surface area contributed by atoms with Gasteiger partial charge in [0.05, 0.1) is 0 Å². The van der Waals surface area contributed by atoms with Crippen molar-refractivity contribution in [2.24, 2.45) is 0 Å². The number of ketones is 1. The van der Waals surface area contributed by atoms with Crippen LogP contribution in [0.4, 0.5) is 0 Å². The highest BCUT2D eigenvalue weighted by Crippen LogP contribution is 2.41. The normalized spacial score (nSPS) is 19.0. The number of hydrogen-bond acceptors (Lipinski definition) is 6. The molecule has 38 heavy (non-hydrogen) atoms. The van der Waals surface area contributed by atoms with Crippen LogP contribution in [0, 0.1) is 0 Å². The zero-order valence-electron chi connectivity index (χ0n) is 24.7. The van der Waals surface area contributed by atoms with Crippen molar-refractivity contribution in [3.63, 3.8) is 0 Å². The fourth-order valence-electron chi connectivity index (χ4n) is 3.90. The second kappa shape index (κ2) is 16.5. The van der Waals surface area contributed by atoms with E-state index in [0.717, 1.165) is 49.8 Å². The van der Waals surface area contributed by atoms with E-state index in [4.69, 9.17) is 23.4 Å². The van der Waals surface area contributed by atoms with E-state index >= 15 is 0 Å². The fraction of sp³-hybridized carbons (Fsp3) is 0.645. The van der Waals surface area contributed by atoms with E-state index in [1.807, 2.05) is 43.4 Å². The molecule has 0 aromatic heterocycles. The first-order chi connectivity index (χ1) is 18.0. The Labute approximate surface area is 231 Å². The van der Waals surface area contributed by atoms with E-state index in [1.54, 1.807) is 7.11 Å². The predicted molar refractivity (Wildman–Crippen MR) is 156 cm³/mol. The third-order valence-corrected chi connectivity index (χ3v) is 11.8. The lowest BCUT2D eigenvalue weighted by molar-refractivity contribution is -0.162. The molecule has 1 unspecified atom stereocenters. The lowest BCUT2D eigenvalue weighted by atomic mass is 10.0. The molecule has 0 amide bonds. The minimum Gasteiger partial charge on any atom is -0.407 e. The summed E-state index contributed by atoms with van der Waals surface area (Å²) in [5.74, 6) is 0.148. The molecule has 1 aliphatic heterocycles. The summed E-state index contributed by atoms with van der Waals surface area (Å²) >= 11 is 0. The Morgan fingerprint density at radius 1 is 1.16 bits per heavy atom. The van der Waals surface area contributed by atoms with Crippen LogP contribution in [-0.4, -0.2) is 53.6 Å². The number of carbonyl (C=O) groups excluding carboxylic acids is 1. The first kappa shape index (κ1) is 32.6. The standard InChI is InChI=1S/C31H50O6Si/c1-25(27(32)19-11-13-22-34-29-21-12-14-23-35-29)16-15-20-28(36-24-33-5)30(26-17-9-8-10-18-26)37-38(6,7)31(2,3)4/h8-10,15-18,20,28-30H,11-14,19,21-24H2,1-7H3/b20-15+,25-16+/t28-,29?,30-/m1/s1. The van der Waals surface area contributed by atoms with Crippen molar-refractivity contribution in [3.8, 4) is 0 Å². The zero-order chi connectivity index (χ0) is 28.0. The Balaban J connectivity index is 2.02. The van der Waals surface area contributed by atoms with Crippen molar-refractivity contribution in [1.82, 2.24) is 0 Å². The van der Waals surface area contributed by atoms with E-state index in [1.165, 1.54) is 0 Å². The molecular weight excluding hydrogens is 496 g/mol. The molecular formula is C31H50O6Si. The van der Waals surface area contributed by atoms with Gasteiger partial charge in [0.15, 0.2) is 20.4 Å². The van der Waals surface area contributed by atoms with Crippen molar-refractivity contribution < 1.29 is 28.2 Å². The minimum atomic E-state index is -2.11. The predicted octanol–water partition coefficient (Wildman–Crippen LogP) is 7.52. The van der Waals surface area contributed by atoms with Gasteiger partial charge in [-0.25, -0.2) is 0 Å². The maximum Gasteiger partial charge on any atom is 0.193 e. The van der Waals surface area contributed by atoms with Crippen LogP contribution in [0.15, 0.2) is 54.1 Å². The zero-order valence-corrected chi connectivity index (χ0v) is 25.7. The maximum atomic E-state index is 12.7. The molecule has 2 rings (SSSR count). The van der Waals surface area contributed by atoms with Crippen LogP contribution in [-0.2, 0) is 28.2 Å². The first-order valence-electron chi connectivity index (χ1n) is 14.0. The van der Waals surface area contributed by atoms with E-state index in [2.05, 4.69) is 46.0 Å². The van der Waals surface area contributed by atoms with Crippen LogP contribution in [0.1, 0.15) is 77.9 Å². The molecule has 0 spiro atoms. The Hall–Kier alpha value is -1.61. The van der Waals surface area contributed by atoms with Gasteiger partial charge in [-0.15, -0.1) is 0 Å². The Kier molecular flexibility index (Phi) is 14.1. The van der Waals surface area contributed by atoms with Gasteiger partial charge in [0, 0.05) is 26.7 Å². The number of benzene rings is 1. The largest absolute Gasteiger partial charge is 0.407 e. The SMILES string of the molecule is COCO[C@H](/C=C/C=C(\C)C(=O)CCCCOC1CCCCO1)[C@H](O[Si](C)(C)C(C)(C)C)c1ccccc1. The topological polar surface area (TPSA) is 63.2 Å². The van der Waals surface area contributed by atoms with Crippen LogP contribution in [0.3, 0.4) is 0 Å². The van der Waals surface area contributed by atoms with Gasteiger partial charge in [-0.2, -0.15) is 0 Å². The summed E-state index contributed by atoms with van der Waals surface area (Å²) in [7, 11) is -0.493. The Morgan fingerprint density at radius 2 is 1.89 bits per heavy atom. The highest BCUT2D eigenvalue weighted by atomic mass is 28.4. The van der Waals surface area contributed by atoms with Crippen molar-refractivity contribution in [3.05, 3.63) is 59.7 Å². The number of methoxy groups -OCH3 is 1. The van der Waals surface area contributed by atoms with Crippen LogP contribution in [0.2, 0.25) is 18.1 Å². The molecule has 0 saturated carbocycles. The highest BCUT2D eigenvalue weighted by molar-refractivity contribution is 6.74. The molecule has 1 aromatic carbocycles. The number of allylic oxidation sites excluding steroid dienone is 3. The van der Waals surface area contributed by atoms with E-state index in [9.17, 15) is 4.79 Å². The van der Waals surface area contributed by atoms with Crippen LogP contribution >= 0.6 is 0 Å². The molecule has 0 bridgehead atoms. The molecule has 1 saturated heterocycles. The fourth-order valence-corrected chi connectivity index (χ4v) is 5.16. The van der Waals surface area contributed by atoms with Crippen LogP contribution in [0.25, 0.3) is 0 Å². The number of unbranched alkanes of at least 4 members (excludes halogenated alkanes) is 1. The second-order valence-corrected chi connectivity index (χ2v) is 16.3. The van der Waals surface area contributed by atoms with E-state index in [-0.39, 0.29) is 36.1 Å². The molecule has 1 aromatic rings. The van der Waals surface area contributed by atoms with Crippen molar-refractivity contribution in [2.45, 2.75) is 103 Å². The molecule has 7 heteroatoms. The van der Waals surface area contributed by atoms with Gasteiger partial charge in [-0.05, 0) is 68.3 Å². The number of ether oxygens (including phenoxy) is 4. The summed E-state index contributed by atoms with van der Waals surface area (Å²) in [5.41, 5.74) is 1.78. The van der Waals surface area contributed by atoms with Gasteiger partial charge in [0.25, 0.3) is 0 Å². The molecule has 1 heterocycles. The smallest absolute Gasteiger partial charge is 0.193 e. The van der Waals surface area contributed by atoms with Crippen molar-refractivity contribution in [2.75, 3.05) is 27.1 Å². The van der Waals surface area contributed by atoms with E-state index in [0.29, 0.717) is 13.0 Å². The summed E-state index contributed by atoms with van der Waals surface area (Å²) in [6.07, 6.45) is 10.4. The van der Waals surface area contributed by atoms with Crippen LogP contribution < -0.4 is 0 Å². The van der Waals surface area contributed by atoms with E-state index < -0.39 is 8.32 Å². The molecule has 0 N–H and O–H groups in total.